The molecule has 0 N–H and O–H groups in total. The van der Waals surface area contributed by atoms with Crippen molar-refractivity contribution in [2.24, 2.45) is 0 Å². The Kier molecular flexibility index (Phi) is 5.14. The van der Waals surface area contributed by atoms with E-state index in [1.807, 2.05) is 20.8 Å². The summed E-state index contributed by atoms with van der Waals surface area (Å²) >= 11 is 0. The minimum absolute atomic E-state index is 0.126. The molecule has 8 nitrogen and oxygen atoms in total. The Hall–Kier alpha value is -3.27. The Balaban J connectivity index is 2.05. The van der Waals surface area contributed by atoms with Gasteiger partial charge in [-0.15, -0.1) is 0 Å². The summed E-state index contributed by atoms with van der Waals surface area (Å²) in [5, 5.41) is 15.1. The van der Waals surface area contributed by atoms with E-state index in [0.29, 0.717) is 5.69 Å². The molecule has 0 spiro atoms. The molecule has 0 aliphatic heterocycles. The third kappa shape index (κ3) is 4.43. The first kappa shape index (κ1) is 20.5. The van der Waals surface area contributed by atoms with Crippen molar-refractivity contribution < 1.29 is 21.9 Å². The molecule has 0 saturated carbocycles. The Morgan fingerprint density at radius 2 is 1.76 bits per heavy atom. The van der Waals surface area contributed by atoms with Crippen LogP contribution >= 0.6 is 0 Å². The first-order valence-electron chi connectivity index (χ1n) is 8.53. The maximum absolute atomic E-state index is 13.7. The minimum atomic E-state index is -4.31. The molecule has 0 amide bonds. The third-order valence-electron chi connectivity index (χ3n) is 4.03. The monoisotopic (exact) mass is 419 g/mol. The van der Waals surface area contributed by atoms with Gasteiger partial charge in [0.05, 0.1) is 16.3 Å². The Morgan fingerprint density at radius 1 is 1.10 bits per heavy atom. The predicted molar refractivity (Wildman–Crippen MR) is 103 cm³/mol. The Labute approximate surface area is 166 Å². The average Bonchev–Trinajstić information content (AvgIpc) is 3.05. The van der Waals surface area contributed by atoms with Gasteiger partial charge in [0.15, 0.2) is 0 Å². The van der Waals surface area contributed by atoms with E-state index in [-0.39, 0.29) is 22.2 Å². The van der Waals surface area contributed by atoms with Gasteiger partial charge < -0.3 is 4.18 Å². The summed E-state index contributed by atoms with van der Waals surface area (Å²) in [6, 6.07) is 11.3. The van der Waals surface area contributed by atoms with E-state index in [0.717, 1.165) is 24.3 Å². The molecule has 0 bridgehead atoms. The van der Waals surface area contributed by atoms with Crippen molar-refractivity contribution in [3.63, 3.8) is 0 Å². The van der Waals surface area contributed by atoms with Gasteiger partial charge in [0, 0.05) is 23.6 Å². The molecule has 3 rings (SSSR count). The van der Waals surface area contributed by atoms with Gasteiger partial charge in [0.1, 0.15) is 10.7 Å². The van der Waals surface area contributed by atoms with Crippen LogP contribution in [0.3, 0.4) is 0 Å². The highest BCUT2D eigenvalue weighted by Crippen LogP contribution is 2.30. The van der Waals surface area contributed by atoms with E-state index < -0.39 is 26.3 Å². The zero-order valence-corrected chi connectivity index (χ0v) is 16.7. The van der Waals surface area contributed by atoms with E-state index in [1.54, 1.807) is 6.07 Å². The predicted octanol–water partition coefficient (Wildman–Crippen LogP) is 3.98. The molecule has 10 heteroatoms. The molecule has 0 aliphatic carbocycles. The van der Waals surface area contributed by atoms with Crippen LogP contribution in [-0.4, -0.2) is 23.1 Å². The van der Waals surface area contributed by atoms with Crippen molar-refractivity contribution in [1.82, 2.24) is 9.78 Å². The summed E-state index contributed by atoms with van der Waals surface area (Å²) in [6.07, 6.45) is 0. The molecule has 0 atom stereocenters. The molecule has 0 saturated heterocycles. The maximum Gasteiger partial charge on any atom is 0.340 e. The number of hydrogen-bond donors (Lipinski definition) is 0. The molecular formula is C19H18FN3O5S. The highest BCUT2D eigenvalue weighted by atomic mass is 32.2. The van der Waals surface area contributed by atoms with Gasteiger partial charge in [-0.2, -0.15) is 18.2 Å². The zero-order chi connectivity index (χ0) is 21.4. The van der Waals surface area contributed by atoms with Gasteiger partial charge in [0.2, 0.25) is 5.88 Å². The number of rotatable bonds is 5. The number of hydrogen-bond acceptors (Lipinski definition) is 6. The van der Waals surface area contributed by atoms with Gasteiger partial charge in [-0.05, 0) is 30.3 Å². The number of nitro benzene ring substituents is 1. The van der Waals surface area contributed by atoms with Crippen LogP contribution in [0, 0.1) is 15.9 Å². The van der Waals surface area contributed by atoms with Crippen LogP contribution < -0.4 is 4.18 Å². The zero-order valence-electron chi connectivity index (χ0n) is 15.9. The fourth-order valence-electron chi connectivity index (χ4n) is 2.48. The number of aromatic nitrogens is 2. The minimum Gasteiger partial charge on any atom is -0.358 e. The molecule has 3 aromatic rings. The molecule has 0 radical (unpaired) electrons. The third-order valence-corrected chi connectivity index (χ3v) is 5.27. The van der Waals surface area contributed by atoms with Gasteiger partial charge in [-0.1, -0.05) is 26.8 Å². The highest BCUT2D eigenvalue weighted by Gasteiger charge is 2.26. The fourth-order valence-corrected chi connectivity index (χ4v) is 3.39. The van der Waals surface area contributed by atoms with Crippen LogP contribution in [0.1, 0.15) is 26.5 Å². The number of nitrogens with zero attached hydrogens (tertiary/aromatic N) is 3. The van der Waals surface area contributed by atoms with E-state index in [9.17, 15) is 22.9 Å². The quantitative estimate of drug-likeness (QED) is 0.352. The van der Waals surface area contributed by atoms with Crippen molar-refractivity contribution in [3.8, 4) is 11.6 Å². The van der Waals surface area contributed by atoms with Crippen LogP contribution in [0.15, 0.2) is 59.5 Å². The van der Waals surface area contributed by atoms with Gasteiger partial charge >= 0.3 is 10.1 Å². The smallest absolute Gasteiger partial charge is 0.340 e. The Bertz CT molecular complexity index is 1170. The average molecular weight is 419 g/mol. The van der Waals surface area contributed by atoms with Crippen molar-refractivity contribution >= 4 is 15.8 Å². The van der Waals surface area contributed by atoms with Crippen LogP contribution in [-0.2, 0) is 15.5 Å². The standard InChI is InChI=1S/C19H18FN3O5S/c1-19(2,3)17-12-18(22(21-17)15-6-4-5-13(20)11-15)28-29(26,27)16-9-7-14(8-10-16)23(24)25/h4-12H,1-3H3. The normalized spacial score (nSPS) is 12.0. The lowest BCUT2D eigenvalue weighted by atomic mass is 9.93. The van der Waals surface area contributed by atoms with E-state index in [4.69, 9.17) is 4.18 Å². The first-order valence-corrected chi connectivity index (χ1v) is 9.94. The van der Waals surface area contributed by atoms with E-state index >= 15 is 0 Å². The molecule has 1 heterocycles. The lowest BCUT2D eigenvalue weighted by Gasteiger charge is -2.13. The largest absolute Gasteiger partial charge is 0.358 e. The van der Waals surface area contributed by atoms with Gasteiger partial charge in [0.25, 0.3) is 5.69 Å². The summed E-state index contributed by atoms with van der Waals surface area (Å²) in [7, 11) is -4.31. The second-order valence-electron chi connectivity index (χ2n) is 7.30. The number of non-ortho nitro benzene ring substituents is 1. The van der Waals surface area contributed by atoms with Crippen LogP contribution in [0.25, 0.3) is 5.69 Å². The van der Waals surface area contributed by atoms with Gasteiger partial charge in [-0.25, -0.2) is 4.39 Å². The van der Waals surface area contributed by atoms with E-state index in [2.05, 4.69) is 5.10 Å². The second kappa shape index (κ2) is 7.28. The molecule has 152 valence electrons. The lowest BCUT2D eigenvalue weighted by Crippen LogP contribution is -2.13. The van der Waals surface area contributed by atoms with Crippen LogP contribution in [0.5, 0.6) is 5.88 Å². The topological polar surface area (TPSA) is 104 Å². The maximum atomic E-state index is 13.7. The number of benzene rings is 2. The molecule has 2 aromatic carbocycles. The lowest BCUT2D eigenvalue weighted by molar-refractivity contribution is -0.384. The molecule has 0 unspecified atom stereocenters. The van der Waals surface area contributed by atoms with Crippen molar-refractivity contribution in [1.29, 1.82) is 0 Å². The SMILES string of the molecule is CC(C)(C)c1cc(OS(=O)(=O)c2ccc([N+](=O)[O-])cc2)n(-c2cccc(F)c2)n1. The number of halogens is 1. The van der Waals surface area contributed by atoms with Gasteiger partial charge in [-0.3, -0.25) is 10.1 Å². The van der Waals surface area contributed by atoms with Crippen LogP contribution in [0.2, 0.25) is 0 Å². The molecule has 1 aromatic heterocycles. The summed E-state index contributed by atoms with van der Waals surface area (Å²) in [4.78, 5) is 9.87. The van der Waals surface area contributed by atoms with Crippen LogP contribution in [0.4, 0.5) is 10.1 Å². The molecule has 0 aliphatic rings. The highest BCUT2D eigenvalue weighted by molar-refractivity contribution is 7.87. The second-order valence-corrected chi connectivity index (χ2v) is 8.84. The fraction of sp³-hybridized carbons (Fsp3) is 0.211. The van der Waals surface area contributed by atoms with Crippen molar-refractivity contribution in [3.05, 3.63) is 76.2 Å². The van der Waals surface area contributed by atoms with E-state index in [1.165, 1.54) is 28.9 Å². The summed E-state index contributed by atoms with van der Waals surface area (Å²) in [5.41, 5.74) is 0.155. The summed E-state index contributed by atoms with van der Waals surface area (Å²) < 4.78 is 45.5. The number of nitro groups is 1. The first-order chi connectivity index (χ1) is 13.5. The molecule has 0 fully saturated rings. The van der Waals surface area contributed by atoms with Crippen molar-refractivity contribution in [2.75, 3.05) is 0 Å². The van der Waals surface area contributed by atoms with Crippen molar-refractivity contribution in [2.45, 2.75) is 31.1 Å². The molecular weight excluding hydrogens is 401 g/mol. The molecule has 29 heavy (non-hydrogen) atoms. The summed E-state index contributed by atoms with van der Waals surface area (Å²) in [6.45, 7) is 5.67. The Morgan fingerprint density at radius 3 is 2.31 bits per heavy atom. The summed E-state index contributed by atoms with van der Waals surface area (Å²) in [5.74, 6) is -0.640.